The van der Waals surface area contributed by atoms with Crippen LogP contribution in [0.25, 0.3) is 0 Å². The van der Waals surface area contributed by atoms with Crippen molar-refractivity contribution in [1.82, 2.24) is 4.72 Å². The van der Waals surface area contributed by atoms with Crippen molar-refractivity contribution in [1.29, 1.82) is 0 Å². The molecule has 28 heavy (non-hydrogen) atoms. The van der Waals surface area contributed by atoms with Gasteiger partial charge in [0.25, 0.3) is 5.91 Å². The summed E-state index contributed by atoms with van der Waals surface area (Å²) in [5, 5.41) is 2.03. The summed E-state index contributed by atoms with van der Waals surface area (Å²) in [6.07, 6.45) is -4.86. The monoisotopic (exact) mass is 426 g/mol. The third-order valence-electron chi connectivity index (χ3n) is 3.49. The maximum Gasteiger partial charge on any atom is 0.404 e. The zero-order valence-corrected chi connectivity index (χ0v) is 14.8. The second kappa shape index (κ2) is 7.80. The van der Waals surface area contributed by atoms with E-state index in [4.69, 9.17) is 0 Å². The Hall–Kier alpha value is -2.60. The summed E-state index contributed by atoms with van der Waals surface area (Å²) in [6, 6.07) is 1.63. The smallest absolute Gasteiger partial charge is 0.322 e. The van der Waals surface area contributed by atoms with Gasteiger partial charge >= 0.3 is 6.18 Å². The average Bonchev–Trinajstić information content (AvgIpc) is 2.57. The quantitative estimate of drug-likeness (QED) is 0.718. The Morgan fingerprint density at radius 2 is 1.57 bits per heavy atom. The molecule has 0 saturated carbocycles. The minimum atomic E-state index is -4.86. The minimum Gasteiger partial charge on any atom is -0.322 e. The van der Waals surface area contributed by atoms with Crippen LogP contribution in [-0.4, -0.2) is 26.5 Å². The Bertz CT molecular complexity index is 1010. The molecule has 2 N–H and O–H groups in total. The van der Waals surface area contributed by atoms with E-state index in [0.29, 0.717) is 37.3 Å². The van der Waals surface area contributed by atoms with Crippen LogP contribution in [-0.2, 0) is 10.0 Å². The zero-order chi connectivity index (χ0) is 21.3. The minimum absolute atomic E-state index is 0.250. The molecule has 0 bridgehead atoms. The first-order valence-electron chi connectivity index (χ1n) is 7.46. The summed E-state index contributed by atoms with van der Waals surface area (Å²) in [6.45, 7) is 0.567. The molecule has 5 nitrogen and oxygen atoms in total. The number of halogens is 6. The summed E-state index contributed by atoms with van der Waals surface area (Å²) in [4.78, 5) is 11.3. The number of amides is 1. The maximum absolute atomic E-state index is 13.9. The van der Waals surface area contributed by atoms with E-state index in [2.05, 4.69) is 0 Å². The molecule has 0 heterocycles. The van der Waals surface area contributed by atoms with Crippen molar-refractivity contribution < 1.29 is 39.6 Å². The van der Waals surface area contributed by atoms with Crippen molar-refractivity contribution in [2.45, 2.75) is 24.0 Å². The van der Waals surface area contributed by atoms with Crippen LogP contribution in [0.1, 0.15) is 17.3 Å². The van der Waals surface area contributed by atoms with E-state index >= 15 is 0 Å². The van der Waals surface area contributed by atoms with Crippen molar-refractivity contribution in [3.8, 4) is 0 Å². The first-order chi connectivity index (χ1) is 12.8. The van der Waals surface area contributed by atoms with Crippen molar-refractivity contribution in [3.05, 3.63) is 59.4 Å². The van der Waals surface area contributed by atoms with Crippen molar-refractivity contribution >= 4 is 21.6 Å². The van der Waals surface area contributed by atoms with Crippen LogP contribution in [0.3, 0.4) is 0 Å². The van der Waals surface area contributed by atoms with E-state index in [1.165, 1.54) is 4.72 Å². The summed E-state index contributed by atoms with van der Waals surface area (Å²) >= 11 is 0. The number of hydrogen-bond donors (Lipinski definition) is 2. The Kier molecular flexibility index (Phi) is 6.04. The van der Waals surface area contributed by atoms with Gasteiger partial charge in [0.1, 0.15) is 11.9 Å². The van der Waals surface area contributed by atoms with E-state index < -0.39 is 56.1 Å². The molecule has 0 aromatic heterocycles. The highest BCUT2D eigenvalue weighted by Crippen LogP contribution is 2.23. The molecular weight excluding hydrogens is 414 g/mol. The van der Waals surface area contributed by atoms with Crippen LogP contribution in [0.2, 0.25) is 0 Å². The second-order valence-corrected chi connectivity index (χ2v) is 7.32. The highest BCUT2D eigenvalue weighted by Gasteiger charge is 2.39. The van der Waals surface area contributed by atoms with E-state index in [1.807, 2.05) is 5.32 Å². The van der Waals surface area contributed by atoms with Gasteiger partial charge in [-0.1, -0.05) is 0 Å². The molecule has 0 radical (unpaired) electrons. The summed E-state index contributed by atoms with van der Waals surface area (Å²) in [7, 11) is -4.73. The van der Waals surface area contributed by atoms with Gasteiger partial charge in [0.2, 0.25) is 10.0 Å². The second-order valence-electron chi connectivity index (χ2n) is 5.61. The Morgan fingerprint density at radius 3 is 2.14 bits per heavy atom. The summed E-state index contributed by atoms with van der Waals surface area (Å²) < 4.78 is 103. The van der Waals surface area contributed by atoms with Crippen molar-refractivity contribution in [2.24, 2.45) is 0 Å². The average molecular weight is 426 g/mol. The number of nitrogens with one attached hydrogen (secondary N) is 2. The van der Waals surface area contributed by atoms with E-state index in [-0.39, 0.29) is 5.69 Å². The van der Waals surface area contributed by atoms with E-state index in [9.17, 15) is 39.6 Å². The van der Waals surface area contributed by atoms with Crippen LogP contribution < -0.4 is 10.0 Å². The van der Waals surface area contributed by atoms with Crippen LogP contribution in [0.5, 0.6) is 0 Å². The van der Waals surface area contributed by atoms with Gasteiger partial charge in [-0.05, 0) is 37.3 Å². The van der Waals surface area contributed by atoms with Gasteiger partial charge in [0, 0.05) is 11.8 Å². The van der Waals surface area contributed by atoms with Gasteiger partial charge in [-0.25, -0.2) is 21.6 Å². The third-order valence-corrected chi connectivity index (χ3v) is 5.03. The molecule has 0 spiro atoms. The van der Waals surface area contributed by atoms with Gasteiger partial charge in [-0.3, -0.25) is 4.79 Å². The maximum atomic E-state index is 13.9. The van der Waals surface area contributed by atoms with Crippen molar-refractivity contribution in [2.75, 3.05) is 5.32 Å². The first-order valence-corrected chi connectivity index (χ1v) is 8.94. The SMILES string of the molecule is C[C@H](NS(=O)(=O)c1ccc(F)c(C(=O)Nc2ccc(F)c(F)c2)c1)C(F)(F)F. The van der Waals surface area contributed by atoms with E-state index in [0.717, 1.165) is 6.07 Å². The lowest BCUT2D eigenvalue weighted by Gasteiger charge is -2.17. The molecule has 0 aliphatic heterocycles. The standard InChI is InChI=1S/C16H12F6N2O3S/c1-8(16(20,21)22)24-28(26,27)10-3-5-12(17)11(7-10)15(25)23-9-2-4-13(18)14(19)6-9/h2-8,24H,1H3,(H,23,25)/t8-/m0/s1. The molecule has 1 amide bonds. The predicted molar refractivity (Wildman–Crippen MR) is 86.5 cm³/mol. The van der Waals surface area contributed by atoms with Gasteiger partial charge < -0.3 is 5.32 Å². The predicted octanol–water partition coefficient (Wildman–Crippen LogP) is 3.59. The molecule has 0 aliphatic rings. The number of carbonyl (C=O) groups is 1. The van der Waals surface area contributed by atoms with Crippen LogP contribution in [0, 0.1) is 17.5 Å². The molecule has 0 saturated heterocycles. The fourth-order valence-electron chi connectivity index (χ4n) is 1.99. The lowest BCUT2D eigenvalue weighted by atomic mass is 10.2. The molecule has 2 aromatic rings. The number of carbonyl (C=O) groups excluding carboxylic acids is 1. The van der Waals surface area contributed by atoms with Gasteiger partial charge in [0.05, 0.1) is 10.5 Å². The normalized spacial score (nSPS) is 13.2. The van der Waals surface area contributed by atoms with Gasteiger partial charge in [0.15, 0.2) is 11.6 Å². The lowest BCUT2D eigenvalue weighted by molar-refractivity contribution is -0.147. The van der Waals surface area contributed by atoms with Gasteiger partial charge in [-0.2, -0.15) is 17.9 Å². The fraction of sp³-hybridized carbons (Fsp3) is 0.188. The molecular formula is C16H12F6N2O3S. The largest absolute Gasteiger partial charge is 0.404 e. The summed E-state index contributed by atoms with van der Waals surface area (Å²) in [5.74, 6) is -4.88. The number of hydrogen-bond acceptors (Lipinski definition) is 3. The van der Waals surface area contributed by atoms with Crippen LogP contribution >= 0.6 is 0 Å². The molecule has 2 rings (SSSR count). The molecule has 2 aromatic carbocycles. The molecule has 1 atom stereocenters. The van der Waals surface area contributed by atoms with Crippen LogP contribution in [0.15, 0.2) is 41.3 Å². The molecule has 0 unspecified atom stereocenters. The van der Waals surface area contributed by atoms with E-state index in [1.54, 1.807) is 0 Å². The first kappa shape index (κ1) is 21.7. The molecule has 12 heteroatoms. The highest BCUT2D eigenvalue weighted by atomic mass is 32.2. The molecule has 0 fully saturated rings. The molecule has 152 valence electrons. The number of sulfonamides is 1. The Labute approximate surface area is 155 Å². The third kappa shape index (κ3) is 5.01. The number of rotatable bonds is 5. The molecule has 0 aliphatic carbocycles. The highest BCUT2D eigenvalue weighted by molar-refractivity contribution is 7.89. The van der Waals surface area contributed by atoms with Gasteiger partial charge in [-0.15, -0.1) is 0 Å². The van der Waals surface area contributed by atoms with Crippen LogP contribution in [0.4, 0.5) is 32.0 Å². The number of anilines is 1. The summed E-state index contributed by atoms with van der Waals surface area (Å²) in [5.41, 5.74) is -1.08. The topological polar surface area (TPSA) is 75.3 Å². The zero-order valence-electron chi connectivity index (χ0n) is 13.9. The Morgan fingerprint density at radius 1 is 0.964 bits per heavy atom. The Balaban J connectivity index is 2.31. The fourth-order valence-corrected chi connectivity index (χ4v) is 3.24. The van der Waals surface area contributed by atoms with Crippen molar-refractivity contribution in [3.63, 3.8) is 0 Å². The lowest BCUT2D eigenvalue weighted by Crippen LogP contribution is -2.43. The number of alkyl halides is 3. The number of benzene rings is 2.